The van der Waals surface area contributed by atoms with Crippen molar-refractivity contribution in [3.05, 3.63) is 71.6 Å². The summed E-state index contributed by atoms with van der Waals surface area (Å²) >= 11 is 7.02. The van der Waals surface area contributed by atoms with E-state index in [1.54, 1.807) is 30.5 Å². The topological polar surface area (TPSA) is 76.7 Å². The Bertz CT molecular complexity index is 1190. The fourth-order valence-corrected chi connectivity index (χ4v) is 3.58. The number of hydrogen-bond acceptors (Lipinski definition) is 6. The Morgan fingerprint density at radius 2 is 1.89 bits per heavy atom. The maximum absolute atomic E-state index is 15.1. The molecule has 2 aromatic carbocycles. The third-order valence-corrected chi connectivity index (χ3v) is 4.92. The number of pyridine rings is 1. The standard InChI is InChI=1S/C19H12ClF2N5S/c20-12-6-13(9-24-8-12)28-27-16-4-2-14(21)17(18(16)22)10-1-3-15-11(5-10)7-25-19(23)26-15/h1-9,27H,(H2,23,25,26). The highest BCUT2D eigenvalue weighted by Crippen LogP contribution is 2.34. The van der Waals surface area contributed by atoms with E-state index in [2.05, 4.69) is 19.7 Å². The lowest BCUT2D eigenvalue weighted by Gasteiger charge is -2.12. The van der Waals surface area contributed by atoms with Gasteiger partial charge in [0.2, 0.25) is 5.95 Å². The van der Waals surface area contributed by atoms with Gasteiger partial charge in [-0.15, -0.1) is 0 Å². The van der Waals surface area contributed by atoms with E-state index in [4.69, 9.17) is 17.3 Å². The van der Waals surface area contributed by atoms with Gasteiger partial charge in [-0.2, -0.15) is 0 Å². The minimum Gasteiger partial charge on any atom is -0.368 e. The minimum absolute atomic E-state index is 0.134. The highest BCUT2D eigenvalue weighted by Gasteiger charge is 2.16. The lowest BCUT2D eigenvalue weighted by molar-refractivity contribution is 0.592. The van der Waals surface area contributed by atoms with Gasteiger partial charge in [-0.25, -0.2) is 18.7 Å². The third-order valence-electron chi connectivity index (χ3n) is 3.94. The minimum atomic E-state index is -0.710. The fraction of sp³-hybridized carbons (Fsp3) is 0. The van der Waals surface area contributed by atoms with Gasteiger partial charge in [-0.3, -0.25) is 4.98 Å². The largest absolute Gasteiger partial charge is 0.368 e. The van der Waals surface area contributed by atoms with Crippen LogP contribution in [0, 0.1) is 11.6 Å². The number of rotatable bonds is 4. The van der Waals surface area contributed by atoms with Crippen molar-refractivity contribution >= 4 is 46.1 Å². The van der Waals surface area contributed by atoms with Gasteiger partial charge in [-0.1, -0.05) is 17.7 Å². The summed E-state index contributed by atoms with van der Waals surface area (Å²) in [5.41, 5.74) is 6.52. The summed E-state index contributed by atoms with van der Waals surface area (Å²) in [6, 6.07) is 9.09. The molecule has 140 valence electrons. The van der Waals surface area contributed by atoms with Gasteiger partial charge >= 0.3 is 0 Å². The van der Waals surface area contributed by atoms with Gasteiger partial charge in [0.15, 0.2) is 5.82 Å². The lowest BCUT2D eigenvalue weighted by Crippen LogP contribution is -1.98. The second-order valence-electron chi connectivity index (χ2n) is 5.83. The summed E-state index contributed by atoms with van der Waals surface area (Å²) in [7, 11) is 0. The van der Waals surface area contributed by atoms with E-state index in [9.17, 15) is 4.39 Å². The van der Waals surface area contributed by atoms with Gasteiger partial charge in [0.1, 0.15) is 5.82 Å². The Labute approximate surface area is 168 Å². The summed E-state index contributed by atoms with van der Waals surface area (Å²) in [6.07, 6.45) is 4.60. The van der Waals surface area contributed by atoms with Crippen molar-refractivity contribution in [1.29, 1.82) is 0 Å². The highest BCUT2D eigenvalue weighted by molar-refractivity contribution is 8.00. The maximum atomic E-state index is 15.1. The molecule has 0 fully saturated rings. The van der Waals surface area contributed by atoms with Crippen LogP contribution < -0.4 is 10.5 Å². The average Bonchev–Trinajstić information content (AvgIpc) is 2.67. The molecule has 0 spiro atoms. The van der Waals surface area contributed by atoms with Crippen LogP contribution in [0.15, 0.2) is 59.9 Å². The van der Waals surface area contributed by atoms with Crippen molar-refractivity contribution in [2.75, 3.05) is 10.5 Å². The molecule has 4 aromatic rings. The molecule has 0 radical (unpaired) electrons. The summed E-state index contributed by atoms with van der Waals surface area (Å²) in [5, 5.41) is 1.09. The second-order valence-corrected chi connectivity index (χ2v) is 7.14. The van der Waals surface area contributed by atoms with Gasteiger partial charge < -0.3 is 10.5 Å². The molecule has 0 atom stereocenters. The molecule has 0 saturated heterocycles. The Hall–Kier alpha value is -2.97. The molecular weight excluding hydrogens is 404 g/mol. The first-order valence-corrected chi connectivity index (χ1v) is 9.25. The molecular formula is C19H12ClF2N5S. The Morgan fingerprint density at radius 1 is 1.04 bits per heavy atom. The Balaban J connectivity index is 1.69. The number of benzene rings is 2. The van der Waals surface area contributed by atoms with Crippen molar-refractivity contribution in [2.24, 2.45) is 0 Å². The number of nitrogens with two attached hydrogens (primary N) is 1. The first-order chi connectivity index (χ1) is 13.5. The zero-order valence-corrected chi connectivity index (χ0v) is 15.7. The van der Waals surface area contributed by atoms with Crippen LogP contribution in [0.25, 0.3) is 22.0 Å². The Morgan fingerprint density at radius 3 is 2.71 bits per heavy atom. The van der Waals surface area contributed by atoms with Crippen LogP contribution >= 0.6 is 23.5 Å². The molecule has 9 heteroatoms. The Kier molecular flexibility index (Phi) is 4.97. The summed E-state index contributed by atoms with van der Waals surface area (Å²) < 4.78 is 32.4. The third kappa shape index (κ3) is 3.69. The predicted molar refractivity (Wildman–Crippen MR) is 108 cm³/mol. The average molecular weight is 416 g/mol. The number of halogens is 3. The zero-order chi connectivity index (χ0) is 19.7. The van der Waals surface area contributed by atoms with E-state index in [1.807, 2.05) is 0 Å². The normalized spacial score (nSPS) is 11.0. The lowest BCUT2D eigenvalue weighted by atomic mass is 10.0. The first-order valence-electron chi connectivity index (χ1n) is 8.05. The fourth-order valence-electron chi connectivity index (χ4n) is 2.66. The second kappa shape index (κ2) is 7.57. The van der Waals surface area contributed by atoms with Crippen LogP contribution in [0.4, 0.5) is 20.4 Å². The summed E-state index contributed by atoms with van der Waals surface area (Å²) in [4.78, 5) is 12.7. The SMILES string of the molecule is Nc1ncc2cc(-c3c(F)ccc(NSc4cncc(Cl)c4)c3F)ccc2n1. The molecule has 28 heavy (non-hydrogen) atoms. The maximum Gasteiger partial charge on any atom is 0.220 e. The molecule has 0 aliphatic rings. The van der Waals surface area contributed by atoms with Crippen molar-refractivity contribution in [2.45, 2.75) is 4.90 Å². The van der Waals surface area contributed by atoms with E-state index in [-0.39, 0.29) is 17.2 Å². The number of nitrogens with zero attached hydrogens (tertiary/aromatic N) is 3. The van der Waals surface area contributed by atoms with E-state index in [0.29, 0.717) is 26.4 Å². The van der Waals surface area contributed by atoms with Crippen molar-refractivity contribution in [3.8, 4) is 11.1 Å². The van der Waals surface area contributed by atoms with E-state index >= 15 is 4.39 Å². The molecule has 5 nitrogen and oxygen atoms in total. The number of fused-ring (bicyclic) bond motifs is 1. The highest BCUT2D eigenvalue weighted by atomic mass is 35.5. The monoisotopic (exact) mass is 415 g/mol. The van der Waals surface area contributed by atoms with Gasteiger partial charge in [0.05, 0.1) is 21.8 Å². The molecule has 4 rings (SSSR count). The summed E-state index contributed by atoms with van der Waals surface area (Å²) in [5.74, 6) is -1.25. The number of hydrogen-bond donors (Lipinski definition) is 2. The smallest absolute Gasteiger partial charge is 0.220 e. The van der Waals surface area contributed by atoms with Crippen LogP contribution in [0.1, 0.15) is 0 Å². The van der Waals surface area contributed by atoms with Crippen LogP contribution in [-0.2, 0) is 0 Å². The van der Waals surface area contributed by atoms with Crippen LogP contribution in [0.2, 0.25) is 5.02 Å². The molecule has 0 aliphatic heterocycles. The van der Waals surface area contributed by atoms with E-state index in [1.165, 1.54) is 24.5 Å². The van der Waals surface area contributed by atoms with Crippen LogP contribution in [0.5, 0.6) is 0 Å². The molecule has 3 N–H and O–H groups in total. The molecule has 0 amide bonds. The predicted octanol–water partition coefficient (Wildman–Crippen LogP) is 5.32. The van der Waals surface area contributed by atoms with E-state index < -0.39 is 11.6 Å². The van der Waals surface area contributed by atoms with Gasteiger partial charge in [0.25, 0.3) is 0 Å². The zero-order valence-electron chi connectivity index (χ0n) is 14.2. The van der Waals surface area contributed by atoms with Crippen molar-refractivity contribution in [3.63, 3.8) is 0 Å². The first kappa shape index (κ1) is 18.4. The van der Waals surface area contributed by atoms with Gasteiger partial charge in [0, 0.05) is 28.9 Å². The van der Waals surface area contributed by atoms with Gasteiger partial charge in [-0.05, 0) is 47.8 Å². The molecule has 0 aliphatic carbocycles. The molecule has 0 saturated carbocycles. The molecule has 2 aromatic heterocycles. The number of nitrogens with one attached hydrogen (secondary N) is 1. The molecule has 0 unspecified atom stereocenters. The molecule has 0 bridgehead atoms. The number of aromatic nitrogens is 3. The summed E-state index contributed by atoms with van der Waals surface area (Å²) in [6.45, 7) is 0. The van der Waals surface area contributed by atoms with Crippen LogP contribution in [-0.4, -0.2) is 15.0 Å². The van der Waals surface area contributed by atoms with Crippen molar-refractivity contribution in [1.82, 2.24) is 15.0 Å². The van der Waals surface area contributed by atoms with E-state index in [0.717, 1.165) is 11.9 Å². The van der Waals surface area contributed by atoms with Crippen LogP contribution in [0.3, 0.4) is 0 Å². The number of nitrogen functional groups attached to an aromatic ring is 1. The quantitative estimate of drug-likeness (QED) is 0.439. The molecule has 2 heterocycles. The van der Waals surface area contributed by atoms with Crippen molar-refractivity contribution < 1.29 is 8.78 Å². The number of anilines is 2.